The van der Waals surface area contributed by atoms with E-state index < -0.39 is 0 Å². The minimum Gasteiger partial charge on any atom is -0.337 e. The lowest BCUT2D eigenvalue weighted by molar-refractivity contribution is 0.248. The van der Waals surface area contributed by atoms with Crippen molar-refractivity contribution in [1.29, 1.82) is 0 Å². The summed E-state index contributed by atoms with van der Waals surface area (Å²) in [6, 6.07) is 15.5. The summed E-state index contributed by atoms with van der Waals surface area (Å²) in [5.41, 5.74) is 2.91. The zero-order chi connectivity index (χ0) is 25.8. The zero-order valence-corrected chi connectivity index (χ0v) is 21.9. The van der Waals surface area contributed by atoms with Gasteiger partial charge in [0.2, 0.25) is 5.16 Å². The third-order valence-electron chi connectivity index (χ3n) is 5.77. The zero-order valence-electron chi connectivity index (χ0n) is 20.3. The monoisotopic (exact) mass is 536 g/mol. The summed E-state index contributed by atoms with van der Waals surface area (Å²) >= 11 is 2.84. The van der Waals surface area contributed by atoms with Gasteiger partial charge in [0.1, 0.15) is 5.82 Å². The molecule has 9 nitrogen and oxygen atoms in total. The van der Waals surface area contributed by atoms with Crippen molar-refractivity contribution in [3.05, 3.63) is 60.4 Å². The van der Waals surface area contributed by atoms with Crippen LogP contribution < -0.4 is 10.6 Å². The summed E-state index contributed by atoms with van der Waals surface area (Å²) in [5.74, 6) is -0.293. The first kappa shape index (κ1) is 25.1. The quantitative estimate of drug-likeness (QED) is 0.269. The Labute approximate surface area is 221 Å². The number of carbonyl (C=O) groups excluding carboxylic acids is 1. The molecular weight excluding hydrogens is 511 g/mol. The maximum atomic E-state index is 13.3. The number of hydrogen-bond donors (Lipinski definition) is 2. The van der Waals surface area contributed by atoms with Gasteiger partial charge in [0.25, 0.3) is 0 Å². The number of thiazole rings is 1. The van der Waals surface area contributed by atoms with Gasteiger partial charge in [0, 0.05) is 23.5 Å². The van der Waals surface area contributed by atoms with Crippen LogP contribution in [0.2, 0.25) is 0 Å². The van der Waals surface area contributed by atoms with E-state index in [0.717, 1.165) is 40.3 Å². The Morgan fingerprint density at radius 3 is 2.68 bits per heavy atom. The molecule has 0 spiro atoms. The molecule has 2 amide bonds. The van der Waals surface area contributed by atoms with Crippen LogP contribution in [0.15, 0.2) is 64.6 Å². The number of benzene rings is 2. The van der Waals surface area contributed by atoms with Gasteiger partial charge in [-0.1, -0.05) is 25.2 Å². The SMILES string of the molecule is CCN(CC)CCNC(=O)Nc1nc2ccc(Sc3nnc4ccc(-c5ccc(F)cc5)nn34)cc2s1. The van der Waals surface area contributed by atoms with Crippen molar-refractivity contribution < 1.29 is 9.18 Å². The number of fused-ring (bicyclic) bond motifs is 2. The summed E-state index contributed by atoms with van der Waals surface area (Å²) < 4.78 is 15.9. The molecule has 5 rings (SSSR count). The second-order valence-electron chi connectivity index (χ2n) is 8.14. The average Bonchev–Trinajstić information content (AvgIpc) is 3.49. The van der Waals surface area contributed by atoms with Crippen molar-refractivity contribution in [2.24, 2.45) is 0 Å². The molecule has 3 heterocycles. The third-order valence-corrected chi connectivity index (χ3v) is 7.63. The van der Waals surface area contributed by atoms with Gasteiger partial charge in [-0.3, -0.25) is 5.32 Å². The molecule has 0 saturated heterocycles. The van der Waals surface area contributed by atoms with Gasteiger partial charge in [0.05, 0.1) is 15.9 Å². The number of nitrogens with zero attached hydrogens (tertiary/aromatic N) is 6. The van der Waals surface area contributed by atoms with Crippen molar-refractivity contribution in [2.45, 2.75) is 23.9 Å². The Hall–Kier alpha value is -3.61. The van der Waals surface area contributed by atoms with Crippen molar-refractivity contribution >= 4 is 50.1 Å². The van der Waals surface area contributed by atoms with Crippen LogP contribution >= 0.6 is 23.1 Å². The van der Waals surface area contributed by atoms with Crippen molar-refractivity contribution in [3.8, 4) is 11.3 Å². The molecule has 0 aliphatic heterocycles. The van der Waals surface area contributed by atoms with E-state index in [9.17, 15) is 9.18 Å². The van der Waals surface area contributed by atoms with Gasteiger partial charge in [-0.25, -0.2) is 14.2 Å². The van der Waals surface area contributed by atoms with Crippen LogP contribution in [-0.2, 0) is 0 Å². The number of nitrogens with one attached hydrogen (secondary N) is 2. The van der Waals surface area contributed by atoms with Gasteiger partial charge in [-0.05, 0) is 79.4 Å². The van der Waals surface area contributed by atoms with Crippen LogP contribution in [0.1, 0.15) is 13.8 Å². The lowest BCUT2D eigenvalue weighted by Gasteiger charge is -2.17. The minimum absolute atomic E-state index is 0.265. The first-order valence-corrected chi connectivity index (χ1v) is 13.5. The number of likely N-dealkylation sites (N-methyl/N-ethyl adjacent to an activating group) is 1. The maximum Gasteiger partial charge on any atom is 0.321 e. The number of urea groups is 1. The number of anilines is 1. The first-order valence-electron chi connectivity index (χ1n) is 11.9. The van der Waals surface area contributed by atoms with E-state index in [1.54, 1.807) is 16.6 Å². The lowest BCUT2D eigenvalue weighted by Crippen LogP contribution is -2.36. The summed E-state index contributed by atoms with van der Waals surface area (Å²) in [6.07, 6.45) is 0. The lowest BCUT2D eigenvalue weighted by atomic mass is 10.1. The number of amides is 2. The van der Waals surface area contributed by atoms with Gasteiger partial charge in [0.15, 0.2) is 10.8 Å². The molecule has 190 valence electrons. The first-order chi connectivity index (χ1) is 18.0. The molecule has 0 radical (unpaired) electrons. The topological polar surface area (TPSA) is 100 Å². The largest absolute Gasteiger partial charge is 0.337 e. The molecule has 0 bridgehead atoms. The number of carbonyl (C=O) groups is 1. The Kier molecular flexibility index (Phi) is 7.58. The fourth-order valence-electron chi connectivity index (χ4n) is 3.74. The molecular formula is C25H25FN8OS2. The maximum absolute atomic E-state index is 13.3. The fourth-order valence-corrected chi connectivity index (χ4v) is 5.54. The highest BCUT2D eigenvalue weighted by atomic mass is 32.2. The molecule has 12 heteroatoms. The number of hydrogen-bond acceptors (Lipinski definition) is 8. The smallest absolute Gasteiger partial charge is 0.321 e. The van der Waals surface area contributed by atoms with Crippen LogP contribution in [0.4, 0.5) is 14.3 Å². The van der Waals surface area contributed by atoms with Crippen LogP contribution in [0.5, 0.6) is 0 Å². The normalized spacial score (nSPS) is 11.5. The van der Waals surface area contributed by atoms with Crippen molar-refractivity contribution in [2.75, 3.05) is 31.5 Å². The summed E-state index contributed by atoms with van der Waals surface area (Å²) in [7, 11) is 0. The van der Waals surface area contributed by atoms with Crippen molar-refractivity contribution in [3.63, 3.8) is 0 Å². The molecule has 3 aromatic heterocycles. The number of rotatable bonds is 9. The van der Waals surface area contributed by atoms with E-state index in [0.29, 0.717) is 28.2 Å². The summed E-state index contributed by atoms with van der Waals surface area (Å²) in [5, 5.41) is 20.0. The van der Waals surface area contributed by atoms with Crippen LogP contribution in [0.3, 0.4) is 0 Å². The van der Waals surface area contributed by atoms with E-state index in [1.807, 2.05) is 30.3 Å². The highest BCUT2D eigenvalue weighted by molar-refractivity contribution is 7.99. The molecule has 2 aromatic carbocycles. The Morgan fingerprint density at radius 2 is 1.89 bits per heavy atom. The molecule has 0 aliphatic carbocycles. The molecule has 0 unspecified atom stereocenters. The number of halogens is 1. The van der Waals surface area contributed by atoms with Crippen LogP contribution in [0.25, 0.3) is 27.1 Å². The molecule has 0 atom stereocenters. The second kappa shape index (κ2) is 11.2. The van der Waals surface area contributed by atoms with Gasteiger partial charge >= 0.3 is 6.03 Å². The van der Waals surface area contributed by atoms with Gasteiger partial charge in [-0.2, -0.15) is 9.61 Å². The van der Waals surface area contributed by atoms with Gasteiger partial charge in [-0.15, -0.1) is 10.2 Å². The van der Waals surface area contributed by atoms with E-state index in [2.05, 4.69) is 49.7 Å². The van der Waals surface area contributed by atoms with Gasteiger partial charge < -0.3 is 10.2 Å². The summed E-state index contributed by atoms with van der Waals surface area (Å²) in [6.45, 7) is 7.48. The highest BCUT2D eigenvalue weighted by Crippen LogP contribution is 2.33. The van der Waals surface area contributed by atoms with E-state index in [4.69, 9.17) is 0 Å². The molecule has 5 aromatic rings. The van der Waals surface area contributed by atoms with Crippen molar-refractivity contribution in [1.82, 2.24) is 35.0 Å². The number of aromatic nitrogens is 5. The van der Waals surface area contributed by atoms with E-state index >= 15 is 0 Å². The Balaban J connectivity index is 1.29. The Bertz CT molecular complexity index is 1530. The predicted molar refractivity (Wildman–Crippen MR) is 145 cm³/mol. The highest BCUT2D eigenvalue weighted by Gasteiger charge is 2.13. The molecule has 0 aliphatic rings. The molecule has 2 N–H and O–H groups in total. The fraction of sp³-hybridized carbons (Fsp3) is 0.240. The van der Waals surface area contributed by atoms with E-state index in [-0.39, 0.29) is 11.8 Å². The van der Waals surface area contributed by atoms with Crippen LogP contribution in [-0.4, -0.2) is 61.9 Å². The second-order valence-corrected chi connectivity index (χ2v) is 10.2. The minimum atomic E-state index is -0.293. The van der Waals surface area contributed by atoms with Crippen LogP contribution in [0, 0.1) is 5.82 Å². The third kappa shape index (κ3) is 5.87. The molecule has 0 fully saturated rings. The molecule has 37 heavy (non-hydrogen) atoms. The average molecular weight is 537 g/mol. The summed E-state index contributed by atoms with van der Waals surface area (Å²) in [4.78, 5) is 20.0. The van der Waals surface area contributed by atoms with E-state index in [1.165, 1.54) is 35.2 Å². The molecule has 0 saturated carbocycles. The predicted octanol–water partition coefficient (Wildman–Crippen LogP) is 5.15. The standard InChI is InChI=1S/C25H25FN8OS2/c1-3-33(4-2)14-13-27-23(35)29-24-28-20-10-9-18(15-21(20)37-24)36-25-31-30-22-12-11-19(32-34(22)25)16-5-7-17(26)8-6-16/h5-12,15H,3-4,13-14H2,1-2H3,(H2,27,28,29,35). The Morgan fingerprint density at radius 1 is 1.08 bits per heavy atom.